The zero-order valence-electron chi connectivity index (χ0n) is 16.9. The Morgan fingerprint density at radius 3 is 1.69 bits per heavy atom. The van der Waals surface area contributed by atoms with E-state index in [9.17, 15) is 9.90 Å². The topological polar surface area (TPSA) is 63.1 Å². The Labute approximate surface area is 206 Å². The average molecular weight is 658 g/mol. The highest BCUT2D eigenvalue weighted by atomic mass is 79.9. The first-order chi connectivity index (χ1) is 13.6. The third-order valence-corrected chi connectivity index (χ3v) is 7.33. The third kappa shape index (κ3) is 8.85. The fourth-order valence-corrected chi connectivity index (χ4v) is 4.72. The lowest BCUT2D eigenvalue weighted by atomic mass is 9.98. The van der Waals surface area contributed by atoms with Crippen molar-refractivity contribution in [1.82, 2.24) is 9.97 Å². The lowest BCUT2D eigenvalue weighted by Gasteiger charge is -2.15. The number of rotatable bonds is 7. The van der Waals surface area contributed by atoms with Crippen molar-refractivity contribution in [2.75, 3.05) is 0 Å². The van der Waals surface area contributed by atoms with Crippen LogP contribution in [0.15, 0.2) is 42.7 Å². The van der Waals surface area contributed by atoms with Gasteiger partial charge in [-0.3, -0.25) is 14.8 Å². The number of carbonyl (C=O) groups is 1. The van der Waals surface area contributed by atoms with Crippen LogP contribution in [0.25, 0.3) is 0 Å². The van der Waals surface area contributed by atoms with Gasteiger partial charge in [0.25, 0.3) is 0 Å². The molecule has 2 atom stereocenters. The van der Waals surface area contributed by atoms with Crippen LogP contribution in [0.5, 0.6) is 0 Å². The molecule has 0 aliphatic heterocycles. The molecule has 0 spiro atoms. The molecule has 2 rings (SSSR count). The van der Waals surface area contributed by atoms with Crippen LogP contribution in [0.4, 0.5) is 0 Å². The lowest BCUT2D eigenvalue weighted by Crippen LogP contribution is -2.18. The summed E-state index contributed by atoms with van der Waals surface area (Å²) in [5.74, 6) is 0.657. The van der Waals surface area contributed by atoms with Gasteiger partial charge in [0.2, 0.25) is 0 Å². The van der Waals surface area contributed by atoms with Crippen molar-refractivity contribution in [3.05, 3.63) is 53.8 Å². The summed E-state index contributed by atoms with van der Waals surface area (Å²) in [6, 6.07) is 0. The second kappa shape index (κ2) is 13.3. The largest absolute Gasteiger partial charge is 0.393 e. The Bertz CT molecular complexity index is 775. The van der Waals surface area contributed by atoms with Crippen molar-refractivity contribution in [3.8, 4) is 0 Å². The summed E-state index contributed by atoms with van der Waals surface area (Å²) in [6.07, 6.45) is 8.58. The van der Waals surface area contributed by atoms with Crippen molar-refractivity contribution >= 4 is 69.5 Å². The number of hydrogen-bond acceptors (Lipinski definition) is 4. The summed E-state index contributed by atoms with van der Waals surface area (Å²) in [6.45, 7) is 8.01. The molecule has 160 valence electrons. The van der Waals surface area contributed by atoms with Gasteiger partial charge >= 0.3 is 0 Å². The summed E-state index contributed by atoms with van der Waals surface area (Å²) in [7, 11) is 0. The van der Waals surface area contributed by atoms with Crippen molar-refractivity contribution in [2.45, 2.75) is 53.1 Å². The van der Waals surface area contributed by atoms with Crippen LogP contribution in [0.1, 0.15) is 45.2 Å². The summed E-state index contributed by atoms with van der Waals surface area (Å²) in [5, 5.41) is 9.77. The smallest absolute Gasteiger partial charge is 0.140 e. The predicted molar refractivity (Wildman–Crippen MR) is 132 cm³/mol. The predicted octanol–water partition coefficient (Wildman–Crippen LogP) is 6.93. The van der Waals surface area contributed by atoms with Gasteiger partial charge in [-0.1, -0.05) is 27.7 Å². The van der Waals surface area contributed by atoms with E-state index in [0.29, 0.717) is 12.8 Å². The quantitative estimate of drug-likeness (QED) is 0.351. The number of pyridine rings is 2. The Kier molecular flexibility index (Phi) is 12.3. The number of aliphatic hydroxyl groups excluding tert-OH is 1. The number of Topliss-reactive ketones (excluding diaryl/α,β-unsaturated/α-hetero) is 1. The maximum Gasteiger partial charge on any atom is 0.140 e. The van der Waals surface area contributed by atoms with Gasteiger partial charge in [-0.15, -0.1) is 0 Å². The van der Waals surface area contributed by atoms with E-state index in [1.54, 1.807) is 24.8 Å². The number of hydrogen-bond donors (Lipinski definition) is 1. The number of carbonyl (C=O) groups excluding carboxylic acids is 1. The fraction of sp³-hybridized carbons (Fsp3) is 0.476. The minimum absolute atomic E-state index is 0.122. The summed E-state index contributed by atoms with van der Waals surface area (Å²) in [5.41, 5.74) is 2.05. The van der Waals surface area contributed by atoms with Crippen LogP contribution >= 0.6 is 63.7 Å². The zero-order chi connectivity index (χ0) is 22.1. The van der Waals surface area contributed by atoms with E-state index >= 15 is 0 Å². The lowest BCUT2D eigenvalue weighted by molar-refractivity contribution is -0.121. The molecular weight excluding hydrogens is 632 g/mol. The van der Waals surface area contributed by atoms with Gasteiger partial charge < -0.3 is 5.11 Å². The van der Waals surface area contributed by atoms with Crippen LogP contribution in [0.3, 0.4) is 0 Å². The molecule has 0 radical (unpaired) electrons. The standard InChI is InChI=1S/C11H13Br2NO.C10H13Br2NO/c1-3-7(2)11(15)4-8-9(12)5-14-6-10(8)13;1-6(2)10(14)3-7-8(11)4-13-5-9(7)12/h5-7H,3-4H2,1-2H3;4-6,10,14H,3H2,1-2H3. The van der Waals surface area contributed by atoms with E-state index in [4.69, 9.17) is 0 Å². The normalized spacial score (nSPS) is 12.9. The second-order valence-electron chi connectivity index (χ2n) is 7.13. The molecule has 0 aromatic carbocycles. The van der Waals surface area contributed by atoms with Gasteiger partial charge in [-0.2, -0.15) is 0 Å². The maximum absolute atomic E-state index is 11.8. The molecule has 0 bridgehead atoms. The molecule has 1 N–H and O–H groups in total. The van der Waals surface area contributed by atoms with Gasteiger partial charge in [0.1, 0.15) is 5.78 Å². The highest BCUT2D eigenvalue weighted by Gasteiger charge is 2.15. The van der Waals surface area contributed by atoms with E-state index < -0.39 is 0 Å². The first kappa shape index (κ1) is 26.9. The zero-order valence-corrected chi connectivity index (χ0v) is 23.3. The van der Waals surface area contributed by atoms with E-state index in [2.05, 4.69) is 73.7 Å². The van der Waals surface area contributed by atoms with Gasteiger partial charge in [0.15, 0.2) is 0 Å². The fourth-order valence-electron chi connectivity index (χ4n) is 2.26. The van der Waals surface area contributed by atoms with Crippen molar-refractivity contribution < 1.29 is 9.90 Å². The van der Waals surface area contributed by atoms with Crippen molar-refractivity contribution in [2.24, 2.45) is 11.8 Å². The molecule has 8 heteroatoms. The number of aromatic nitrogens is 2. The molecule has 2 aromatic heterocycles. The third-order valence-electron chi connectivity index (χ3n) is 4.60. The Morgan fingerprint density at radius 2 is 1.31 bits per heavy atom. The van der Waals surface area contributed by atoms with Crippen LogP contribution < -0.4 is 0 Å². The Hall–Kier alpha value is -0.150. The van der Waals surface area contributed by atoms with E-state index in [1.165, 1.54) is 0 Å². The maximum atomic E-state index is 11.8. The van der Waals surface area contributed by atoms with Gasteiger partial charge in [-0.05, 0) is 87.2 Å². The van der Waals surface area contributed by atoms with Crippen LogP contribution in [0.2, 0.25) is 0 Å². The molecular formula is C21H26Br4N2O2. The Balaban J connectivity index is 0.000000291. The highest BCUT2D eigenvalue weighted by molar-refractivity contribution is 9.11. The minimum atomic E-state index is -0.315. The van der Waals surface area contributed by atoms with Gasteiger partial charge in [0, 0.05) is 61.4 Å². The molecule has 2 aromatic rings. The van der Waals surface area contributed by atoms with Gasteiger partial charge in [-0.25, -0.2) is 0 Å². The first-order valence-electron chi connectivity index (χ1n) is 9.34. The van der Waals surface area contributed by atoms with Gasteiger partial charge in [0.05, 0.1) is 6.10 Å². The summed E-state index contributed by atoms with van der Waals surface area (Å²) in [4.78, 5) is 19.8. The van der Waals surface area contributed by atoms with E-state index in [1.807, 2.05) is 27.7 Å². The number of nitrogens with zero attached hydrogens (tertiary/aromatic N) is 2. The number of halogens is 4. The monoisotopic (exact) mass is 654 g/mol. The van der Waals surface area contributed by atoms with Crippen LogP contribution in [-0.4, -0.2) is 27.0 Å². The molecule has 2 unspecified atom stereocenters. The second-order valence-corrected chi connectivity index (χ2v) is 10.5. The van der Waals surface area contributed by atoms with Crippen LogP contribution in [0, 0.1) is 11.8 Å². The summed E-state index contributed by atoms with van der Waals surface area (Å²) >= 11 is 13.6. The van der Waals surface area contributed by atoms with Crippen molar-refractivity contribution in [3.63, 3.8) is 0 Å². The molecule has 0 aliphatic rings. The molecule has 0 aliphatic carbocycles. The van der Waals surface area contributed by atoms with E-state index in [-0.39, 0.29) is 23.7 Å². The molecule has 0 saturated heterocycles. The van der Waals surface area contributed by atoms with E-state index in [0.717, 1.165) is 35.4 Å². The van der Waals surface area contributed by atoms with Crippen molar-refractivity contribution in [1.29, 1.82) is 0 Å². The number of aliphatic hydroxyl groups is 1. The Morgan fingerprint density at radius 1 is 0.897 bits per heavy atom. The molecule has 0 saturated carbocycles. The highest BCUT2D eigenvalue weighted by Crippen LogP contribution is 2.27. The molecule has 4 nitrogen and oxygen atoms in total. The molecule has 0 fully saturated rings. The summed E-state index contributed by atoms with van der Waals surface area (Å²) < 4.78 is 3.64. The number of ketones is 1. The SMILES string of the molecule is CC(C)C(O)Cc1c(Br)cncc1Br.CCC(C)C(=O)Cc1c(Br)cncc1Br. The average Bonchev–Trinajstić information content (AvgIpc) is 2.67. The van der Waals surface area contributed by atoms with Crippen LogP contribution in [-0.2, 0) is 17.6 Å². The molecule has 29 heavy (non-hydrogen) atoms. The first-order valence-corrected chi connectivity index (χ1v) is 12.5. The molecule has 0 amide bonds. The molecule has 2 heterocycles. The minimum Gasteiger partial charge on any atom is -0.393 e.